The number of aryl methyl sites for hydroxylation is 1. The molecule has 0 aliphatic heterocycles. The number of amides is 2. The molecular formula is C38H42BrN3O5S. The molecule has 252 valence electrons. The summed E-state index contributed by atoms with van der Waals surface area (Å²) < 4.78 is 35.8. The molecule has 48 heavy (non-hydrogen) atoms. The number of hydrogen-bond donors (Lipinski definition) is 1. The second-order valence-corrected chi connectivity index (χ2v) is 15.0. The van der Waals surface area contributed by atoms with Crippen LogP contribution in [-0.4, -0.2) is 50.9 Å². The maximum absolute atomic E-state index is 14.7. The molecule has 0 unspecified atom stereocenters. The first-order valence-electron chi connectivity index (χ1n) is 16.3. The Labute approximate surface area is 292 Å². The molecular weight excluding hydrogens is 690 g/mol. The zero-order valence-electron chi connectivity index (χ0n) is 27.3. The van der Waals surface area contributed by atoms with Gasteiger partial charge in [0.1, 0.15) is 18.3 Å². The predicted octanol–water partition coefficient (Wildman–Crippen LogP) is 7.05. The van der Waals surface area contributed by atoms with E-state index in [1.807, 2.05) is 73.7 Å². The van der Waals surface area contributed by atoms with E-state index in [2.05, 4.69) is 21.2 Å². The Kier molecular flexibility index (Phi) is 11.9. The van der Waals surface area contributed by atoms with Gasteiger partial charge in [-0.3, -0.25) is 13.9 Å². The molecule has 2 amide bonds. The molecule has 5 rings (SSSR count). The number of nitrogens with zero attached hydrogens (tertiary/aromatic N) is 2. The van der Waals surface area contributed by atoms with Gasteiger partial charge in [0.25, 0.3) is 10.0 Å². The number of nitrogens with one attached hydrogen (secondary N) is 1. The minimum atomic E-state index is -4.20. The topological polar surface area (TPSA) is 96.0 Å². The first-order chi connectivity index (χ1) is 23.1. The molecule has 0 bridgehead atoms. The van der Waals surface area contributed by atoms with Crippen LogP contribution in [0.2, 0.25) is 0 Å². The highest BCUT2D eigenvalue weighted by molar-refractivity contribution is 9.10. The van der Waals surface area contributed by atoms with Crippen molar-refractivity contribution in [2.24, 2.45) is 0 Å². The van der Waals surface area contributed by atoms with Gasteiger partial charge in [-0.25, -0.2) is 8.42 Å². The fourth-order valence-electron chi connectivity index (χ4n) is 6.00. The molecule has 1 N–H and O–H groups in total. The second kappa shape index (κ2) is 16.3. The molecule has 0 heterocycles. The fourth-order valence-corrected chi connectivity index (χ4v) is 7.68. The maximum Gasteiger partial charge on any atom is 0.264 e. The molecule has 1 atom stereocenters. The highest BCUT2D eigenvalue weighted by Crippen LogP contribution is 2.27. The van der Waals surface area contributed by atoms with Crippen molar-refractivity contribution in [2.75, 3.05) is 18.0 Å². The van der Waals surface area contributed by atoms with Crippen molar-refractivity contribution < 1.29 is 22.7 Å². The zero-order valence-corrected chi connectivity index (χ0v) is 29.8. The van der Waals surface area contributed by atoms with Crippen LogP contribution in [0.3, 0.4) is 0 Å². The van der Waals surface area contributed by atoms with Gasteiger partial charge in [-0.2, -0.15) is 0 Å². The van der Waals surface area contributed by atoms with Crippen molar-refractivity contribution in [1.82, 2.24) is 10.2 Å². The van der Waals surface area contributed by atoms with Crippen molar-refractivity contribution >= 4 is 43.5 Å². The second-order valence-electron chi connectivity index (χ2n) is 12.2. The van der Waals surface area contributed by atoms with Crippen LogP contribution in [0, 0.1) is 6.92 Å². The molecule has 10 heteroatoms. The number of rotatable bonds is 13. The molecule has 1 aliphatic carbocycles. The third kappa shape index (κ3) is 9.05. The number of benzene rings is 4. The van der Waals surface area contributed by atoms with Gasteiger partial charge in [-0.1, -0.05) is 95.4 Å². The Bertz CT molecular complexity index is 1760. The largest absolute Gasteiger partial charge is 0.497 e. The summed E-state index contributed by atoms with van der Waals surface area (Å²) in [6.07, 6.45) is 5.30. The SMILES string of the molecule is COc1ccc(S(=O)(=O)N(CC(=O)N(Cc2ccc(Br)cc2)[C@@H](Cc2ccccc2)C(=O)NC2CCCCC2)c2ccc(C)cc2)cc1. The van der Waals surface area contributed by atoms with Gasteiger partial charge in [0.2, 0.25) is 11.8 Å². The number of ether oxygens (including phenoxy) is 1. The van der Waals surface area contributed by atoms with E-state index < -0.39 is 28.5 Å². The fraction of sp³-hybridized carbons (Fsp3) is 0.316. The average Bonchev–Trinajstić information content (AvgIpc) is 3.10. The summed E-state index contributed by atoms with van der Waals surface area (Å²) in [5.41, 5.74) is 3.01. The van der Waals surface area contributed by atoms with Gasteiger partial charge in [-0.15, -0.1) is 0 Å². The van der Waals surface area contributed by atoms with Crippen LogP contribution < -0.4 is 14.4 Å². The minimum Gasteiger partial charge on any atom is -0.497 e. The number of methoxy groups -OCH3 is 1. The van der Waals surface area contributed by atoms with Crippen molar-refractivity contribution in [3.05, 3.63) is 124 Å². The average molecular weight is 733 g/mol. The minimum absolute atomic E-state index is 0.0204. The van der Waals surface area contributed by atoms with E-state index in [9.17, 15) is 18.0 Å². The number of sulfonamides is 1. The third-order valence-corrected chi connectivity index (χ3v) is 11.1. The first kappa shape index (κ1) is 35.2. The van der Waals surface area contributed by atoms with E-state index in [0.717, 1.165) is 57.6 Å². The van der Waals surface area contributed by atoms with Crippen molar-refractivity contribution in [3.63, 3.8) is 0 Å². The van der Waals surface area contributed by atoms with Crippen LogP contribution in [0.1, 0.15) is 48.8 Å². The molecule has 4 aromatic carbocycles. The number of halogens is 1. The lowest BCUT2D eigenvalue weighted by atomic mass is 9.94. The lowest BCUT2D eigenvalue weighted by Crippen LogP contribution is -2.55. The van der Waals surface area contributed by atoms with Crippen molar-refractivity contribution in [1.29, 1.82) is 0 Å². The van der Waals surface area contributed by atoms with Gasteiger partial charge >= 0.3 is 0 Å². The van der Waals surface area contributed by atoms with Gasteiger partial charge in [0.15, 0.2) is 0 Å². The van der Waals surface area contributed by atoms with Gasteiger partial charge in [-0.05, 0) is 79.4 Å². The van der Waals surface area contributed by atoms with Crippen LogP contribution >= 0.6 is 15.9 Å². The standard InChI is InChI=1S/C38H42BrN3O5S/c1-28-13-19-33(20-14-28)42(48(45,46)35-23-21-34(47-2)22-24-35)27-37(43)41(26-30-15-17-31(39)18-16-30)36(25-29-9-5-3-6-10-29)38(44)40-32-11-7-4-8-12-32/h3,5-6,9-10,13-24,32,36H,4,7-8,11-12,25-27H2,1-2H3,(H,40,44)/t36-/m0/s1. The molecule has 0 saturated heterocycles. The summed E-state index contributed by atoms with van der Waals surface area (Å²) in [5, 5.41) is 3.24. The summed E-state index contributed by atoms with van der Waals surface area (Å²) in [5.74, 6) is -0.216. The molecule has 8 nitrogen and oxygen atoms in total. The Morgan fingerprint density at radius 1 is 0.854 bits per heavy atom. The van der Waals surface area contributed by atoms with Crippen LogP contribution in [0.5, 0.6) is 5.75 Å². The Balaban J connectivity index is 1.55. The van der Waals surface area contributed by atoms with E-state index in [4.69, 9.17) is 4.74 Å². The van der Waals surface area contributed by atoms with Crippen LogP contribution in [-0.2, 0) is 32.6 Å². The van der Waals surface area contributed by atoms with Crippen molar-refractivity contribution in [3.8, 4) is 5.75 Å². The Morgan fingerprint density at radius 2 is 1.50 bits per heavy atom. The zero-order chi connectivity index (χ0) is 34.1. The highest BCUT2D eigenvalue weighted by atomic mass is 79.9. The Morgan fingerprint density at radius 3 is 2.12 bits per heavy atom. The third-order valence-electron chi connectivity index (χ3n) is 8.74. The van der Waals surface area contributed by atoms with E-state index in [1.165, 1.54) is 19.2 Å². The van der Waals surface area contributed by atoms with Gasteiger partial charge in [0, 0.05) is 23.5 Å². The maximum atomic E-state index is 14.7. The summed E-state index contributed by atoms with van der Waals surface area (Å²) in [7, 11) is -2.69. The van der Waals surface area contributed by atoms with Gasteiger partial charge < -0.3 is 15.0 Å². The first-order valence-corrected chi connectivity index (χ1v) is 18.5. The lowest BCUT2D eigenvalue weighted by molar-refractivity contribution is -0.140. The summed E-state index contributed by atoms with van der Waals surface area (Å²) >= 11 is 3.48. The quantitative estimate of drug-likeness (QED) is 0.159. The van der Waals surface area contributed by atoms with Crippen LogP contribution in [0.25, 0.3) is 0 Å². The molecule has 0 aromatic heterocycles. The molecule has 0 radical (unpaired) electrons. The summed E-state index contributed by atoms with van der Waals surface area (Å²) in [4.78, 5) is 30.5. The smallest absolute Gasteiger partial charge is 0.264 e. The molecule has 1 fully saturated rings. The summed E-state index contributed by atoms with van der Waals surface area (Å²) in [6, 6.07) is 29.4. The number of carbonyl (C=O) groups is 2. The molecule has 1 saturated carbocycles. The molecule has 4 aromatic rings. The Hall–Kier alpha value is -4.15. The van der Waals surface area contributed by atoms with E-state index in [1.54, 1.807) is 29.2 Å². The predicted molar refractivity (Wildman–Crippen MR) is 192 cm³/mol. The van der Waals surface area contributed by atoms with Crippen LogP contribution in [0.4, 0.5) is 5.69 Å². The normalized spacial score (nSPS) is 14.1. The van der Waals surface area contributed by atoms with E-state index in [0.29, 0.717) is 11.4 Å². The lowest BCUT2D eigenvalue weighted by Gasteiger charge is -2.35. The number of hydrogen-bond acceptors (Lipinski definition) is 5. The summed E-state index contributed by atoms with van der Waals surface area (Å²) in [6.45, 7) is 1.53. The molecule has 0 spiro atoms. The number of anilines is 1. The van der Waals surface area contributed by atoms with Crippen molar-refractivity contribution in [2.45, 2.75) is 69.0 Å². The molecule has 1 aliphatic rings. The van der Waals surface area contributed by atoms with E-state index in [-0.39, 0.29) is 29.8 Å². The van der Waals surface area contributed by atoms with Gasteiger partial charge in [0.05, 0.1) is 17.7 Å². The van der Waals surface area contributed by atoms with E-state index >= 15 is 0 Å². The highest BCUT2D eigenvalue weighted by Gasteiger charge is 2.35. The number of carbonyl (C=O) groups excluding carboxylic acids is 2. The van der Waals surface area contributed by atoms with Crippen LogP contribution in [0.15, 0.2) is 112 Å². The monoisotopic (exact) mass is 731 g/mol.